The van der Waals surface area contributed by atoms with Gasteiger partial charge in [-0.3, -0.25) is 4.90 Å². The van der Waals surface area contributed by atoms with Crippen LogP contribution in [0.1, 0.15) is 18.9 Å². The van der Waals surface area contributed by atoms with Gasteiger partial charge in [0.15, 0.2) is 0 Å². The summed E-state index contributed by atoms with van der Waals surface area (Å²) in [5, 5.41) is 12.3. The van der Waals surface area contributed by atoms with Crippen molar-refractivity contribution >= 4 is 17.7 Å². The topological polar surface area (TPSA) is 78.9 Å². The number of urea groups is 1. The highest BCUT2D eigenvalue weighted by atomic mass is 16.5. The Bertz CT molecular complexity index is 581. The number of carbonyl (C=O) groups excluding carboxylic acids is 1. The molecule has 2 amide bonds. The molecular formula is C15H18N2O4. The molecule has 2 aliphatic rings. The minimum atomic E-state index is -0.992. The first-order valence-electron chi connectivity index (χ1n) is 7.00. The molecule has 0 spiro atoms. The van der Waals surface area contributed by atoms with Crippen molar-refractivity contribution in [2.75, 3.05) is 18.1 Å². The first kappa shape index (κ1) is 13.9. The van der Waals surface area contributed by atoms with E-state index in [1.54, 1.807) is 6.07 Å². The third-order valence-corrected chi connectivity index (χ3v) is 4.11. The highest BCUT2D eigenvalue weighted by Gasteiger charge is 2.41. The standard InChI is InChI=1S/C15H18N2O4/c1-15(6-7-21-9-15)16-14(20)17-11-5-3-2-4-10(11)8-12(17)13(18)19/h2-5,12H,6-9H2,1H3,(H,16,20)(H,18,19). The molecule has 2 N–H and O–H groups in total. The van der Waals surface area contributed by atoms with Crippen LogP contribution in [0, 0.1) is 0 Å². The van der Waals surface area contributed by atoms with Crippen LogP contribution in [0.4, 0.5) is 10.5 Å². The molecular weight excluding hydrogens is 272 g/mol. The minimum Gasteiger partial charge on any atom is -0.480 e. The Kier molecular flexibility index (Phi) is 3.33. The van der Waals surface area contributed by atoms with Gasteiger partial charge >= 0.3 is 12.0 Å². The zero-order valence-electron chi connectivity index (χ0n) is 11.8. The van der Waals surface area contributed by atoms with Crippen molar-refractivity contribution in [3.63, 3.8) is 0 Å². The maximum absolute atomic E-state index is 12.6. The van der Waals surface area contributed by atoms with Gasteiger partial charge in [0.05, 0.1) is 12.1 Å². The lowest BCUT2D eigenvalue weighted by molar-refractivity contribution is -0.138. The number of benzene rings is 1. The lowest BCUT2D eigenvalue weighted by Crippen LogP contribution is -2.55. The van der Waals surface area contributed by atoms with E-state index in [9.17, 15) is 14.7 Å². The number of fused-ring (bicyclic) bond motifs is 1. The quantitative estimate of drug-likeness (QED) is 0.862. The fourth-order valence-corrected chi connectivity index (χ4v) is 2.92. The van der Waals surface area contributed by atoms with Gasteiger partial charge in [0.25, 0.3) is 0 Å². The fraction of sp³-hybridized carbons (Fsp3) is 0.467. The lowest BCUT2D eigenvalue weighted by atomic mass is 10.0. The molecule has 3 rings (SSSR count). The summed E-state index contributed by atoms with van der Waals surface area (Å²) in [6.45, 7) is 2.97. The Morgan fingerprint density at radius 2 is 2.19 bits per heavy atom. The van der Waals surface area contributed by atoms with E-state index in [4.69, 9.17) is 4.74 Å². The molecule has 2 aliphatic heterocycles. The molecule has 1 aromatic carbocycles. The zero-order valence-corrected chi connectivity index (χ0v) is 11.8. The lowest BCUT2D eigenvalue weighted by Gasteiger charge is -2.29. The number of para-hydroxylation sites is 1. The van der Waals surface area contributed by atoms with Crippen LogP contribution < -0.4 is 10.2 Å². The molecule has 2 unspecified atom stereocenters. The van der Waals surface area contributed by atoms with Crippen molar-refractivity contribution in [1.29, 1.82) is 0 Å². The summed E-state index contributed by atoms with van der Waals surface area (Å²) in [5.74, 6) is -0.992. The second-order valence-corrected chi connectivity index (χ2v) is 5.85. The number of hydrogen-bond donors (Lipinski definition) is 2. The van der Waals surface area contributed by atoms with Crippen LogP contribution in [0.3, 0.4) is 0 Å². The molecule has 6 heteroatoms. The molecule has 1 saturated heterocycles. The molecule has 0 bridgehead atoms. The van der Waals surface area contributed by atoms with Gasteiger partial charge in [-0.15, -0.1) is 0 Å². The number of carbonyl (C=O) groups is 2. The Morgan fingerprint density at radius 1 is 1.43 bits per heavy atom. The average Bonchev–Trinajstić information content (AvgIpc) is 3.02. The number of carboxylic acid groups (broad SMARTS) is 1. The summed E-state index contributed by atoms with van der Waals surface area (Å²) in [6.07, 6.45) is 1.07. The molecule has 2 heterocycles. The summed E-state index contributed by atoms with van der Waals surface area (Å²) in [4.78, 5) is 25.4. The van der Waals surface area contributed by atoms with Crippen LogP contribution in [-0.4, -0.2) is 41.9 Å². The molecule has 112 valence electrons. The van der Waals surface area contributed by atoms with Crippen molar-refractivity contribution in [2.45, 2.75) is 31.3 Å². The van der Waals surface area contributed by atoms with E-state index >= 15 is 0 Å². The Morgan fingerprint density at radius 3 is 2.86 bits per heavy atom. The Hall–Kier alpha value is -2.08. The number of hydrogen-bond acceptors (Lipinski definition) is 3. The monoisotopic (exact) mass is 290 g/mol. The van der Waals surface area contributed by atoms with Crippen LogP contribution >= 0.6 is 0 Å². The van der Waals surface area contributed by atoms with E-state index in [-0.39, 0.29) is 6.03 Å². The van der Waals surface area contributed by atoms with Gasteiger partial charge in [0, 0.05) is 18.7 Å². The van der Waals surface area contributed by atoms with Gasteiger partial charge in [-0.2, -0.15) is 0 Å². The smallest absolute Gasteiger partial charge is 0.327 e. The number of nitrogens with zero attached hydrogens (tertiary/aromatic N) is 1. The average molecular weight is 290 g/mol. The van der Waals surface area contributed by atoms with Crippen LogP contribution in [0.15, 0.2) is 24.3 Å². The number of rotatable bonds is 2. The van der Waals surface area contributed by atoms with Crippen LogP contribution in [0.25, 0.3) is 0 Å². The molecule has 1 aromatic rings. The molecule has 0 saturated carbocycles. The number of nitrogens with one attached hydrogen (secondary N) is 1. The second-order valence-electron chi connectivity index (χ2n) is 5.85. The molecule has 21 heavy (non-hydrogen) atoms. The van der Waals surface area contributed by atoms with E-state index in [2.05, 4.69) is 5.32 Å². The van der Waals surface area contributed by atoms with Gasteiger partial charge in [-0.25, -0.2) is 9.59 Å². The molecule has 6 nitrogen and oxygen atoms in total. The molecule has 0 aromatic heterocycles. The van der Waals surface area contributed by atoms with Crippen molar-refractivity contribution in [1.82, 2.24) is 5.32 Å². The first-order valence-corrected chi connectivity index (χ1v) is 7.00. The van der Waals surface area contributed by atoms with Gasteiger partial charge in [0.2, 0.25) is 0 Å². The molecule has 0 radical (unpaired) electrons. The molecule has 2 atom stereocenters. The normalized spacial score (nSPS) is 27.5. The summed E-state index contributed by atoms with van der Waals surface area (Å²) in [5.41, 5.74) is 1.12. The van der Waals surface area contributed by atoms with Gasteiger partial charge in [-0.05, 0) is 25.0 Å². The Balaban J connectivity index is 1.87. The number of carboxylic acids is 1. The van der Waals surface area contributed by atoms with Crippen LogP contribution in [-0.2, 0) is 16.0 Å². The van der Waals surface area contributed by atoms with Gasteiger partial charge in [0.1, 0.15) is 6.04 Å². The second kappa shape index (κ2) is 5.04. The largest absolute Gasteiger partial charge is 0.480 e. The molecule has 1 fully saturated rings. The van der Waals surface area contributed by atoms with Crippen LogP contribution in [0.2, 0.25) is 0 Å². The van der Waals surface area contributed by atoms with E-state index in [0.29, 0.717) is 25.3 Å². The van der Waals surface area contributed by atoms with E-state index in [1.807, 2.05) is 25.1 Å². The zero-order chi connectivity index (χ0) is 15.0. The maximum atomic E-state index is 12.6. The van der Waals surface area contributed by atoms with Crippen molar-refractivity contribution < 1.29 is 19.4 Å². The molecule has 0 aliphatic carbocycles. The fourth-order valence-electron chi connectivity index (χ4n) is 2.92. The number of ether oxygens (including phenoxy) is 1. The van der Waals surface area contributed by atoms with Crippen LogP contribution in [0.5, 0.6) is 0 Å². The van der Waals surface area contributed by atoms with Crippen molar-refractivity contribution in [3.8, 4) is 0 Å². The van der Waals surface area contributed by atoms with E-state index < -0.39 is 17.6 Å². The number of aliphatic carboxylic acids is 1. The third-order valence-electron chi connectivity index (χ3n) is 4.11. The third kappa shape index (κ3) is 2.47. The summed E-state index contributed by atoms with van der Waals surface area (Å²) in [6, 6.07) is 6.08. The predicted molar refractivity (Wildman–Crippen MR) is 76.4 cm³/mol. The summed E-state index contributed by atoms with van der Waals surface area (Å²) < 4.78 is 5.32. The van der Waals surface area contributed by atoms with Crippen molar-refractivity contribution in [3.05, 3.63) is 29.8 Å². The first-order chi connectivity index (χ1) is 10.0. The summed E-state index contributed by atoms with van der Waals surface area (Å²) >= 11 is 0. The Labute approximate surface area is 122 Å². The highest BCUT2D eigenvalue weighted by Crippen LogP contribution is 2.32. The van der Waals surface area contributed by atoms with Gasteiger partial charge in [-0.1, -0.05) is 18.2 Å². The van der Waals surface area contributed by atoms with E-state index in [0.717, 1.165) is 12.0 Å². The van der Waals surface area contributed by atoms with Gasteiger partial charge < -0.3 is 15.2 Å². The maximum Gasteiger partial charge on any atom is 0.327 e. The minimum absolute atomic E-state index is 0.339. The highest BCUT2D eigenvalue weighted by molar-refractivity contribution is 6.01. The number of anilines is 1. The SMILES string of the molecule is CC1(NC(=O)N2c3ccccc3CC2C(=O)O)CCOC1. The number of amides is 2. The summed E-state index contributed by atoms with van der Waals surface area (Å²) in [7, 11) is 0. The predicted octanol–water partition coefficient (Wildman–Crippen LogP) is 1.39. The van der Waals surface area contributed by atoms with Crippen molar-refractivity contribution in [2.24, 2.45) is 0 Å². The van der Waals surface area contributed by atoms with E-state index in [1.165, 1.54) is 4.90 Å².